The van der Waals surface area contributed by atoms with Crippen molar-refractivity contribution >= 4 is 33.5 Å². The molecule has 0 aromatic heterocycles. The molecule has 0 radical (unpaired) electrons. The van der Waals surface area contributed by atoms with Gasteiger partial charge >= 0.3 is 5.97 Å². The van der Waals surface area contributed by atoms with E-state index in [1.807, 2.05) is 0 Å². The van der Waals surface area contributed by atoms with E-state index in [0.717, 1.165) is 6.42 Å². The van der Waals surface area contributed by atoms with Crippen LogP contribution in [0, 0.1) is 0 Å². The monoisotopic (exact) mass is 327 g/mol. The summed E-state index contributed by atoms with van der Waals surface area (Å²) in [6.45, 7) is 1.32. The number of nitrogens with one attached hydrogen (secondary N) is 1. The Morgan fingerprint density at radius 2 is 2.00 bits per heavy atom. The van der Waals surface area contributed by atoms with E-state index < -0.39 is 11.4 Å². The first-order chi connectivity index (χ1) is 8.88. The standard InChI is InChI=1S/C13H14BrNO4/c1-7(16)15-11-9(17)4-3-8(14)10(11)13(12(18)19)5-2-6-13/h3-4,17H,2,5-6H2,1H3,(H,15,16)(H,18,19). The lowest BCUT2D eigenvalue weighted by Gasteiger charge is -2.40. The van der Waals surface area contributed by atoms with Crippen LogP contribution in [0.15, 0.2) is 16.6 Å². The first kappa shape index (κ1) is 13.9. The van der Waals surface area contributed by atoms with Crippen LogP contribution >= 0.6 is 15.9 Å². The van der Waals surface area contributed by atoms with Crippen molar-refractivity contribution in [3.8, 4) is 5.75 Å². The zero-order chi connectivity index (χ0) is 14.2. The molecule has 1 aliphatic carbocycles. The minimum absolute atomic E-state index is 0.124. The van der Waals surface area contributed by atoms with Crippen molar-refractivity contribution in [2.45, 2.75) is 31.6 Å². The summed E-state index contributed by atoms with van der Waals surface area (Å²) in [4.78, 5) is 22.8. The van der Waals surface area contributed by atoms with Crippen molar-refractivity contribution in [2.75, 3.05) is 5.32 Å². The summed E-state index contributed by atoms with van der Waals surface area (Å²) >= 11 is 3.32. The van der Waals surface area contributed by atoms with Gasteiger partial charge < -0.3 is 15.5 Å². The fourth-order valence-corrected chi connectivity index (χ4v) is 3.15. The Morgan fingerprint density at radius 1 is 1.37 bits per heavy atom. The largest absolute Gasteiger partial charge is 0.506 e. The molecule has 102 valence electrons. The van der Waals surface area contributed by atoms with Crippen LogP contribution in [0.25, 0.3) is 0 Å². The minimum atomic E-state index is -1.03. The number of rotatable bonds is 3. The van der Waals surface area contributed by atoms with Crippen molar-refractivity contribution in [1.82, 2.24) is 0 Å². The van der Waals surface area contributed by atoms with E-state index in [0.29, 0.717) is 22.9 Å². The Kier molecular flexibility index (Phi) is 3.54. The number of carboxylic acid groups (broad SMARTS) is 1. The predicted octanol–water partition coefficient (Wildman–Crippen LogP) is 2.62. The maximum atomic E-state index is 11.6. The van der Waals surface area contributed by atoms with E-state index in [1.54, 1.807) is 6.07 Å². The zero-order valence-electron chi connectivity index (χ0n) is 10.4. The van der Waals surface area contributed by atoms with Crippen LogP contribution in [0.3, 0.4) is 0 Å². The average Bonchev–Trinajstić information content (AvgIpc) is 2.24. The molecule has 1 aromatic carbocycles. The molecule has 0 spiro atoms. The van der Waals surface area contributed by atoms with Crippen molar-refractivity contribution in [1.29, 1.82) is 0 Å². The third kappa shape index (κ3) is 2.20. The van der Waals surface area contributed by atoms with Gasteiger partial charge in [0.2, 0.25) is 5.91 Å². The summed E-state index contributed by atoms with van der Waals surface area (Å²) in [6, 6.07) is 3.02. The summed E-state index contributed by atoms with van der Waals surface area (Å²) in [5.41, 5.74) is -0.402. The molecule has 3 N–H and O–H groups in total. The highest BCUT2D eigenvalue weighted by atomic mass is 79.9. The molecule has 0 bridgehead atoms. The second kappa shape index (κ2) is 4.85. The summed E-state index contributed by atoms with van der Waals surface area (Å²) in [5, 5.41) is 21.9. The molecule has 1 saturated carbocycles. The van der Waals surface area contributed by atoms with Crippen molar-refractivity contribution in [2.24, 2.45) is 0 Å². The molecule has 2 rings (SSSR count). The Labute approximate surface area is 118 Å². The number of carbonyl (C=O) groups is 2. The molecule has 1 amide bonds. The zero-order valence-corrected chi connectivity index (χ0v) is 12.0. The van der Waals surface area contributed by atoms with Crippen LogP contribution in [-0.4, -0.2) is 22.1 Å². The smallest absolute Gasteiger partial charge is 0.314 e. The predicted molar refractivity (Wildman–Crippen MR) is 73.3 cm³/mol. The highest BCUT2D eigenvalue weighted by molar-refractivity contribution is 9.10. The molecule has 0 heterocycles. The molecular weight excluding hydrogens is 314 g/mol. The lowest BCUT2D eigenvalue weighted by molar-refractivity contribution is -0.147. The van der Waals surface area contributed by atoms with Gasteiger partial charge in [-0.25, -0.2) is 0 Å². The molecule has 5 nitrogen and oxygen atoms in total. The summed E-state index contributed by atoms with van der Waals surface area (Å²) in [5.74, 6) is -1.41. The molecule has 0 unspecified atom stereocenters. The van der Waals surface area contributed by atoms with Crippen LogP contribution in [0.5, 0.6) is 5.75 Å². The van der Waals surface area contributed by atoms with Gasteiger partial charge in [-0.3, -0.25) is 9.59 Å². The van der Waals surface area contributed by atoms with Crippen LogP contribution in [0.4, 0.5) is 5.69 Å². The minimum Gasteiger partial charge on any atom is -0.506 e. The van der Waals surface area contributed by atoms with Gasteiger partial charge in [-0.05, 0) is 25.0 Å². The number of hydrogen-bond donors (Lipinski definition) is 3. The van der Waals surface area contributed by atoms with E-state index in [4.69, 9.17) is 0 Å². The number of amides is 1. The summed E-state index contributed by atoms with van der Waals surface area (Å²) in [7, 11) is 0. The number of hydrogen-bond acceptors (Lipinski definition) is 3. The third-order valence-electron chi connectivity index (χ3n) is 3.53. The van der Waals surface area contributed by atoms with Crippen LogP contribution in [-0.2, 0) is 15.0 Å². The van der Waals surface area contributed by atoms with Gasteiger partial charge in [-0.1, -0.05) is 22.4 Å². The molecule has 0 atom stereocenters. The number of aromatic hydroxyl groups is 1. The van der Waals surface area contributed by atoms with Gasteiger partial charge in [0.25, 0.3) is 0 Å². The van der Waals surface area contributed by atoms with Gasteiger partial charge in [0.05, 0.1) is 11.1 Å². The van der Waals surface area contributed by atoms with Gasteiger partial charge in [0.1, 0.15) is 5.75 Å². The maximum Gasteiger partial charge on any atom is 0.314 e. The van der Waals surface area contributed by atoms with Crippen LogP contribution < -0.4 is 5.32 Å². The molecular formula is C13H14BrNO4. The summed E-state index contributed by atoms with van der Waals surface area (Å²) < 4.78 is 0.580. The Morgan fingerprint density at radius 3 is 2.42 bits per heavy atom. The molecule has 0 aliphatic heterocycles. The van der Waals surface area contributed by atoms with Crippen LogP contribution in [0.1, 0.15) is 31.7 Å². The molecule has 1 fully saturated rings. The number of phenols is 1. The highest BCUT2D eigenvalue weighted by Gasteiger charge is 2.49. The van der Waals surface area contributed by atoms with Gasteiger partial charge in [-0.15, -0.1) is 0 Å². The fourth-order valence-electron chi connectivity index (χ4n) is 2.44. The van der Waals surface area contributed by atoms with Gasteiger partial charge in [0, 0.05) is 17.0 Å². The van der Waals surface area contributed by atoms with Crippen LogP contribution in [0.2, 0.25) is 0 Å². The van der Waals surface area contributed by atoms with Crippen molar-refractivity contribution in [3.05, 3.63) is 22.2 Å². The van der Waals surface area contributed by atoms with E-state index in [9.17, 15) is 19.8 Å². The SMILES string of the molecule is CC(=O)Nc1c(O)ccc(Br)c1C1(C(=O)O)CCC1. The maximum absolute atomic E-state index is 11.6. The molecule has 0 saturated heterocycles. The normalized spacial score (nSPS) is 16.5. The number of carbonyl (C=O) groups excluding carboxylic acids is 1. The van der Waals surface area contributed by atoms with E-state index >= 15 is 0 Å². The molecule has 19 heavy (non-hydrogen) atoms. The molecule has 6 heteroatoms. The van der Waals surface area contributed by atoms with Crippen molar-refractivity contribution in [3.63, 3.8) is 0 Å². The third-order valence-corrected chi connectivity index (χ3v) is 4.19. The van der Waals surface area contributed by atoms with E-state index in [1.165, 1.54) is 13.0 Å². The first-order valence-corrected chi connectivity index (χ1v) is 6.71. The van der Waals surface area contributed by atoms with Gasteiger partial charge in [-0.2, -0.15) is 0 Å². The highest BCUT2D eigenvalue weighted by Crippen LogP contribution is 2.51. The van der Waals surface area contributed by atoms with E-state index in [2.05, 4.69) is 21.2 Å². The number of aliphatic carboxylic acids is 1. The first-order valence-electron chi connectivity index (χ1n) is 5.91. The van der Waals surface area contributed by atoms with E-state index in [-0.39, 0.29) is 17.3 Å². The van der Waals surface area contributed by atoms with Crippen molar-refractivity contribution < 1.29 is 19.8 Å². The topological polar surface area (TPSA) is 86.6 Å². The number of phenolic OH excluding ortho intramolecular Hbond substituents is 1. The average molecular weight is 328 g/mol. The lowest BCUT2D eigenvalue weighted by Crippen LogP contribution is -2.43. The Bertz CT molecular complexity index is 552. The lowest BCUT2D eigenvalue weighted by atomic mass is 9.64. The second-order valence-corrected chi connectivity index (χ2v) is 5.59. The van der Waals surface area contributed by atoms with Gasteiger partial charge in [0.15, 0.2) is 0 Å². The Hall–Kier alpha value is -1.56. The fraction of sp³-hybridized carbons (Fsp3) is 0.385. The summed E-state index contributed by atoms with van der Waals surface area (Å²) in [6.07, 6.45) is 1.81. The molecule has 1 aromatic rings. The Balaban J connectivity index is 2.64. The second-order valence-electron chi connectivity index (χ2n) is 4.74. The number of benzene rings is 1. The quantitative estimate of drug-likeness (QED) is 0.745. The number of carboxylic acids is 1. The number of anilines is 1. The number of halogens is 1. The molecule has 1 aliphatic rings.